The Hall–Kier alpha value is -0.470. The van der Waals surface area contributed by atoms with Crippen LogP contribution in [0.3, 0.4) is 0 Å². The Morgan fingerprint density at radius 1 is 1.36 bits per heavy atom. The Bertz CT molecular complexity index is 273. The number of benzene rings is 1. The molecule has 14 heavy (non-hydrogen) atoms. The molecule has 0 amide bonds. The maximum Gasteiger partial charge on any atom is 0.0190 e. The molecule has 1 aliphatic heterocycles. The van der Waals surface area contributed by atoms with Crippen molar-refractivity contribution in [1.82, 2.24) is 4.90 Å². The van der Waals surface area contributed by atoms with Crippen LogP contribution in [0.15, 0.2) is 30.3 Å². The van der Waals surface area contributed by atoms with Gasteiger partial charge in [-0.3, -0.25) is 0 Å². The van der Waals surface area contributed by atoms with E-state index in [-0.39, 0.29) is 0 Å². The molecule has 1 atom stereocenters. The van der Waals surface area contributed by atoms with Gasteiger partial charge in [0.25, 0.3) is 0 Å². The molecule has 0 radical (unpaired) electrons. The fourth-order valence-corrected chi connectivity index (χ4v) is 3.07. The molecule has 1 aromatic rings. The van der Waals surface area contributed by atoms with Crippen molar-refractivity contribution in [2.75, 3.05) is 20.1 Å². The molecule has 0 aliphatic carbocycles. The molecule has 76 valence electrons. The molecule has 1 fully saturated rings. The third kappa shape index (κ3) is 2.76. The average Bonchev–Trinajstić information content (AvgIpc) is 2.63. The second-order valence-electron chi connectivity index (χ2n) is 3.97. The molecule has 2 rings (SSSR count). The van der Waals surface area contributed by atoms with Gasteiger partial charge in [0, 0.05) is 17.5 Å². The van der Waals surface area contributed by atoms with E-state index < -0.39 is 0 Å². The van der Waals surface area contributed by atoms with Gasteiger partial charge in [-0.2, -0.15) is 11.8 Å². The van der Waals surface area contributed by atoms with Crippen molar-refractivity contribution in [3.63, 3.8) is 0 Å². The second kappa shape index (κ2) is 4.85. The quantitative estimate of drug-likeness (QED) is 0.749. The summed E-state index contributed by atoms with van der Waals surface area (Å²) in [7, 11) is 2.21. The lowest BCUT2D eigenvalue weighted by Gasteiger charge is -2.09. The Balaban J connectivity index is 1.78. The maximum absolute atomic E-state index is 2.42. The third-order valence-electron chi connectivity index (χ3n) is 2.68. The predicted octanol–water partition coefficient (Wildman–Crippen LogP) is 2.62. The van der Waals surface area contributed by atoms with Crippen LogP contribution in [0.25, 0.3) is 0 Å². The van der Waals surface area contributed by atoms with Crippen LogP contribution in [0.4, 0.5) is 0 Å². The summed E-state index contributed by atoms with van der Waals surface area (Å²) in [5.74, 6) is 1.17. The van der Waals surface area contributed by atoms with Gasteiger partial charge in [-0.25, -0.2) is 0 Å². The van der Waals surface area contributed by atoms with E-state index >= 15 is 0 Å². The van der Waals surface area contributed by atoms with Gasteiger partial charge >= 0.3 is 0 Å². The zero-order chi connectivity index (χ0) is 9.80. The molecule has 2 heteroatoms. The number of rotatable bonds is 3. The first-order valence-corrected chi connectivity index (χ1v) is 6.23. The first-order valence-electron chi connectivity index (χ1n) is 5.18. The lowest BCUT2D eigenvalue weighted by molar-refractivity contribution is 0.419. The zero-order valence-electron chi connectivity index (χ0n) is 8.65. The highest BCUT2D eigenvalue weighted by Crippen LogP contribution is 2.24. The Kier molecular flexibility index (Phi) is 3.49. The van der Waals surface area contributed by atoms with Crippen LogP contribution in [0.5, 0.6) is 0 Å². The standard InChI is InChI=1S/C12H17NS/c1-13-8-7-12(9-13)14-10-11-5-3-2-4-6-11/h2-6,12H,7-10H2,1H3. The van der Waals surface area contributed by atoms with Gasteiger partial charge in [0.15, 0.2) is 0 Å². The van der Waals surface area contributed by atoms with E-state index in [4.69, 9.17) is 0 Å². The lowest BCUT2D eigenvalue weighted by Crippen LogP contribution is -2.14. The van der Waals surface area contributed by atoms with Gasteiger partial charge in [0.05, 0.1) is 0 Å². The number of likely N-dealkylation sites (tertiary alicyclic amines) is 1. The van der Waals surface area contributed by atoms with Crippen molar-refractivity contribution < 1.29 is 0 Å². The first kappa shape index (κ1) is 10.1. The number of hydrogen-bond acceptors (Lipinski definition) is 2. The molecule has 1 aromatic carbocycles. The number of hydrogen-bond donors (Lipinski definition) is 0. The zero-order valence-corrected chi connectivity index (χ0v) is 9.46. The highest BCUT2D eigenvalue weighted by atomic mass is 32.2. The van der Waals surface area contributed by atoms with Gasteiger partial charge in [0.1, 0.15) is 0 Å². The van der Waals surface area contributed by atoms with Gasteiger partial charge in [-0.05, 0) is 25.6 Å². The summed E-state index contributed by atoms with van der Waals surface area (Å²) in [6.45, 7) is 2.53. The number of thioether (sulfide) groups is 1. The van der Waals surface area contributed by atoms with E-state index in [1.165, 1.54) is 30.8 Å². The molecule has 0 saturated carbocycles. The monoisotopic (exact) mass is 207 g/mol. The van der Waals surface area contributed by atoms with Crippen LogP contribution in [-0.2, 0) is 5.75 Å². The van der Waals surface area contributed by atoms with Crippen molar-refractivity contribution in [2.45, 2.75) is 17.4 Å². The Morgan fingerprint density at radius 3 is 2.79 bits per heavy atom. The summed E-state index contributed by atoms with van der Waals surface area (Å²) in [4.78, 5) is 2.42. The molecular weight excluding hydrogens is 190 g/mol. The summed E-state index contributed by atoms with van der Waals surface area (Å²) in [6, 6.07) is 10.8. The molecule has 0 spiro atoms. The SMILES string of the molecule is CN1CCC(SCc2ccccc2)C1. The molecule has 0 N–H and O–H groups in total. The topological polar surface area (TPSA) is 3.24 Å². The van der Waals surface area contributed by atoms with Crippen molar-refractivity contribution in [2.24, 2.45) is 0 Å². The highest BCUT2D eigenvalue weighted by Gasteiger charge is 2.19. The lowest BCUT2D eigenvalue weighted by atomic mass is 10.2. The first-order chi connectivity index (χ1) is 6.84. The van der Waals surface area contributed by atoms with Crippen LogP contribution < -0.4 is 0 Å². The molecule has 1 saturated heterocycles. The molecule has 0 bridgehead atoms. The average molecular weight is 207 g/mol. The van der Waals surface area contributed by atoms with Crippen LogP contribution in [-0.4, -0.2) is 30.3 Å². The fraction of sp³-hybridized carbons (Fsp3) is 0.500. The largest absolute Gasteiger partial charge is 0.305 e. The summed E-state index contributed by atoms with van der Waals surface area (Å²) in [6.07, 6.45) is 1.36. The van der Waals surface area contributed by atoms with E-state index in [0.717, 1.165) is 5.25 Å². The van der Waals surface area contributed by atoms with Gasteiger partial charge < -0.3 is 4.90 Å². The second-order valence-corrected chi connectivity index (χ2v) is 5.26. The van der Waals surface area contributed by atoms with Crippen LogP contribution >= 0.6 is 11.8 Å². The molecule has 1 nitrogen and oxygen atoms in total. The van der Waals surface area contributed by atoms with Crippen molar-refractivity contribution >= 4 is 11.8 Å². The molecular formula is C12H17NS. The van der Waals surface area contributed by atoms with Gasteiger partial charge in [-0.1, -0.05) is 30.3 Å². The predicted molar refractivity (Wildman–Crippen MR) is 63.6 cm³/mol. The van der Waals surface area contributed by atoms with E-state index in [2.05, 4.69) is 54.0 Å². The minimum Gasteiger partial charge on any atom is -0.305 e. The minimum atomic E-state index is 0.847. The van der Waals surface area contributed by atoms with Gasteiger partial charge in [0.2, 0.25) is 0 Å². The molecule has 1 heterocycles. The van der Waals surface area contributed by atoms with Crippen molar-refractivity contribution in [3.05, 3.63) is 35.9 Å². The minimum absolute atomic E-state index is 0.847. The molecule has 1 aliphatic rings. The van der Waals surface area contributed by atoms with Crippen molar-refractivity contribution in [3.8, 4) is 0 Å². The van der Waals surface area contributed by atoms with E-state index in [1.807, 2.05) is 0 Å². The smallest absolute Gasteiger partial charge is 0.0190 e. The van der Waals surface area contributed by atoms with Crippen LogP contribution in [0, 0.1) is 0 Å². The number of nitrogens with zero attached hydrogens (tertiary/aromatic N) is 1. The Morgan fingerprint density at radius 2 is 2.14 bits per heavy atom. The normalized spacial score (nSPS) is 22.8. The van der Waals surface area contributed by atoms with E-state index in [1.54, 1.807) is 0 Å². The van der Waals surface area contributed by atoms with Crippen LogP contribution in [0.1, 0.15) is 12.0 Å². The summed E-state index contributed by atoms with van der Waals surface area (Å²) < 4.78 is 0. The third-order valence-corrected chi connectivity index (χ3v) is 4.03. The maximum atomic E-state index is 2.42. The fourth-order valence-electron chi connectivity index (χ4n) is 1.82. The van der Waals surface area contributed by atoms with E-state index in [9.17, 15) is 0 Å². The van der Waals surface area contributed by atoms with Gasteiger partial charge in [-0.15, -0.1) is 0 Å². The summed E-state index contributed by atoms with van der Waals surface area (Å²) >= 11 is 2.10. The molecule has 0 aromatic heterocycles. The summed E-state index contributed by atoms with van der Waals surface area (Å²) in [5.41, 5.74) is 1.45. The Labute approximate surface area is 90.5 Å². The van der Waals surface area contributed by atoms with E-state index in [0.29, 0.717) is 0 Å². The highest BCUT2D eigenvalue weighted by molar-refractivity contribution is 7.99. The van der Waals surface area contributed by atoms with Crippen molar-refractivity contribution in [1.29, 1.82) is 0 Å². The summed E-state index contributed by atoms with van der Waals surface area (Å²) in [5, 5.41) is 0.847. The molecule has 1 unspecified atom stereocenters. The van der Waals surface area contributed by atoms with Crippen LogP contribution in [0.2, 0.25) is 0 Å².